The van der Waals surface area contributed by atoms with Gasteiger partial charge in [0.25, 0.3) is 0 Å². The van der Waals surface area contributed by atoms with Crippen molar-refractivity contribution in [2.45, 2.75) is 63.4 Å². The van der Waals surface area contributed by atoms with Crippen molar-refractivity contribution in [3.05, 3.63) is 77.6 Å². The van der Waals surface area contributed by atoms with Crippen LogP contribution in [-0.2, 0) is 21.2 Å². The van der Waals surface area contributed by atoms with E-state index in [1.165, 1.54) is 11.1 Å². The Morgan fingerprint density at radius 2 is 1.58 bits per heavy atom. The van der Waals surface area contributed by atoms with Gasteiger partial charge < -0.3 is 15.0 Å². The summed E-state index contributed by atoms with van der Waals surface area (Å²) in [6, 6.07) is 16.0. The van der Waals surface area contributed by atoms with Gasteiger partial charge in [-0.2, -0.15) is 4.36 Å². The molecule has 0 amide bonds. The zero-order chi connectivity index (χ0) is 26.0. The Bertz CT molecular complexity index is 1280. The Labute approximate surface area is 215 Å². The van der Waals surface area contributed by atoms with Crippen molar-refractivity contribution >= 4 is 15.6 Å². The number of hydrogen-bond acceptors (Lipinski definition) is 6. The number of ether oxygens (including phenoxy) is 1. The van der Waals surface area contributed by atoms with Gasteiger partial charge in [-0.25, -0.2) is 9.35 Å². The lowest BCUT2D eigenvalue weighted by Crippen LogP contribution is -2.17. The van der Waals surface area contributed by atoms with Gasteiger partial charge in [0.05, 0.1) is 4.90 Å². The quantitative estimate of drug-likeness (QED) is 0.370. The second-order valence-electron chi connectivity index (χ2n) is 10.2. The van der Waals surface area contributed by atoms with Crippen LogP contribution in [0.25, 0.3) is 11.1 Å². The molecule has 3 atom stereocenters. The average molecular weight is 508 g/mol. The number of rotatable bonds is 9. The summed E-state index contributed by atoms with van der Waals surface area (Å²) < 4.78 is 23.4. The molecule has 1 saturated heterocycles. The number of aromatic nitrogens is 1. The maximum absolute atomic E-state index is 13.2. The number of pyridine rings is 1. The highest BCUT2D eigenvalue weighted by molar-refractivity contribution is 7.91. The summed E-state index contributed by atoms with van der Waals surface area (Å²) in [7, 11) is 0.945. The minimum Gasteiger partial charge on any atom is -0.356 e. The fraction of sp³-hybridized carbons (Fsp3) is 0.393. The molecule has 4 rings (SSSR count). The van der Waals surface area contributed by atoms with E-state index in [1.54, 1.807) is 12.1 Å². The summed E-state index contributed by atoms with van der Waals surface area (Å²) in [5.41, 5.74) is 6.88. The Hall–Kier alpha value is -2.78. The van der Waals surface area contributed by atoms with Gasteiger partial charge in [0.1, 0.15) is 9.92 Å². The molecule has 2 heterocycles. The van der Waals surface area contributed by atoms with Crippen molar-refractivity contribution in [1.29, 1.82) is 0 Å². The molecule has 7 nitrogen and oxygen atoms in total. The first-order valence-electron chi connectivity index (χ1n) is 12.3. The van der Waals surface area contributed by atoms with E-state index in [0.29, 0.717) is 16.7 Å². The molecule has 0 bridgehead atoms. The predicted octanol–water partition coefficient (Wildman–Crippen LogP) is 5.55. The van der Waals surface area contributed by atoms with Crippen LogP contribution < -0.4 is 10.5 Å². The van der Waals surface area contributed by atoms with Crippen LogP contribution in [0.5, 0.6) is 0 Å². The maximum atomic E-state index is 13.2. The van der Waals surface area contributed by atoms with Crippen LogP contribution in [0.4, 0.5) is 5.69 Å². The third-order valence-corrected chi connectivity index (χ3v) is 7.70. The summed E-state index contributed by atoms with van der Waals surface area (Å²) >= 11 is 0. The summed E-state index contributed by atoms with van der Waals surface area (Å²) in [4.78, 5) is 6.73. The number of hydrogen-bond donors (Lipinski definition) is 2. The van der Waals surface area contributed by atoms with Gasteiger partial charge in [0, 0.05) is 24.6 Å². The maximum Gasteiger partial charge on any atom is 0.205 e. The normalized spacial score (nSPS) is 18.9. The first-order valence-corrected chi connectivity index (χ1v) is 13.9. The van der Waals surface area contributed by atoms with Gasteiger partial charge in [-0.1, -0.05) is 39.8 Å². The zero-order valence-electron chi connectivity index (χ0n) is 21.9. The fourth-order valence-electron chi connectivity index (χ4n) is 4.28. The van der Waals surface area contributed by atoms with E-state index < -0.39 is 16.1 Å². The third-order valence-electron chi connectivity index (χ3n) is 6.23. The predicted molar refractivity (Wildman–Crippen MR) is 147 cm³/mol. The highest BCUT2D eigenvalue weighted by Gasteiger charge is 2.41. The first kappa shape index (κ1) is 26.3. The highest BCUT2D eigenvalue weighted by Crippen LogP contribution is 2.39. The van der Waals surface area contributed by atoms with Gasteiger partial charge in [-0.3, -0.25) is 4.98 Å². The number of anilines is 1. The second-order valence-corrected chi connectivity index (χ2v) is 12.0. The number of nitrogens with zero attached hydrogens (tertiary/aromatic N) is 3. The number of nitrogens with two attached hydrogens (primary N) is 1. The van der Waals surface area contributed by atoms with E-state index in [4.69, 9.17) is 9.88 Å². The summed E-state index contributed by atoms with van der Waals surface area (Å²) in [6.07, 6.45) is 2.69. The molecular weight excluding hydrogens is 470 g/mol. The molecule has 3 N–H and O–H groups in total. The number of nitrogens with one attached hydrogen (secondary N) is 1. The van der Waals surface area contributed by atoms with E-state index in [2.05, 4.69) is 59.4 Å². The lowest BCUT2D eigenvalue weighted by Gasteiger charge is -2.22. The Kier molecular flexibility index (Phi) is 7.80. The average Bonchev–Trinajstić information content (AvgIpc) is 3.55. The van der Waals surface area contributed by atoms with Crippen LogP contribution in [0.15, 0.2) is 70.2 Å². The smallest absolute Gasteiger partial charge is 0.205 e. The lowest BCUT2D eigenvalue weighted by atomic mass is 9.88. The molecule has 1 fully saturated rings. The van der Waals surface area contributed by atoms with Crippen LogP contribution in [0, 0.1) is 0 Å². The van der Waals surface area contributed by atoms with Crippen molar-refractivity contribution in [3.63, 3.8) is 0 Å². The molecule has 1 aromatic heterocycles. The largest absolute Gasteiger partial charge is 0.356 e. The minimum atomic E-state index is -3.07. The molecule has 36 heavy (non-hydrogen) atoms. The van der Waals surface area contributed by atoms with Crippen molar-refractivity contribution in [2.24, 2.45) is 9.50 Å². The van der Waals surface area contributed by atoms with Gasteiger partial charge in [-0.05, 0) is 90.1 Å². The van der Waals surface area contributed by atoms with Crippen LogP contribution in [0.3, 0.4) is 0 Å². The monoisotopic (exact) mass is 507 g/mol. The lowest BCUT2D eigenvalue weighted by molar-refractivity contribution is 0.387. The highest BCUT2D eigenvalue weighted by atomic mass is 32.2. The van der Waals surface area contributed by atoms with E-state index >= 15 is 0 Å². The molecule has 1 aliphatic rings. The van der Waals surface area contributed by atoms with E-state index in [-0.39, 0.29) is 6.23 Å². The zero-order valence-corrected chi connectivity index (χ0v) is 22.8. The molecular formula is C28H37N5O2S. The van der Waals surface area contributed by atoms with E-state index in [9.17, 15) is 4.21 Å². The Morgan fingerprint density at radius 1 is 1.00 bits per heavy atom. The standard InChI is InChI=1S/C28H37N5O2S/c1-18(2)24-15-22(21-11-13-30-14-12-21)16-25(19(3)4)26(24)31-27-28(35-27)32-36(29,34)23-9-7-20(8-10-23)17-33(5)6/h7-16,18-19,27-28,31H,17H2,1-6H3,(H2,29,32,34). The minimum absolute atomic E-state index is 0.292. The van der Waals surface area contributed by atoms with Crippen LogP contribution >= 0.6 is 0 Å². The van der Waals surface area contributed by atoms with E-state index in [0.717, 1.165) is 28.9 Å². The molecule has 192 valence electrons. The van der Waals surface area contributed by atoms with Crippen molar-refractivity contribution in [2.75, 3.05) is 19.4 Å². The molecule has 0 aliphatic carbocycles. The Morgan fingerprint density at radius 3 is 2.11 bits per heavy atom. The van der Waals surface area contributed by atoms with Crippen LogP contribution in [-0.4, -0.2) is 40.6 Å². The van der Waals surface area contributed by atoms with Gasteiger partial charge >= 0.3 is 0 Å². The molecule has 3 unspecified atom stereocenters. The molecule has 0 spiro atoms. The van der Waals surface area contributed by atoms with Crippen LogP contribution in [0.1, 0.15) is 56.2 Å². The van der Waals surface area contributed by atoms with Crippen molar-refractivity contribution in [1.82, 2.24) is 9.88 Å². The molecule has 3 aromatic rings. The van der Waals surface area contributed by atoms with Crippen LogP contribution in [0.2, 0.25) is 0 Å². The fourth-order valence-corrected chi connectivity index (χ4v) is 5.40. The van der Waals surface area contributed by atoms with Gasteiger partial charge in [0.15, 0.2) is 6.23 Å². The topological polar surface area (TPSA) is 96.1 Å². The van der Waals surface area contributed by atoms with Gasteiger partial charge in [0.2, 0.25) is 6.23 Å². The number of benzene rings is 2. The Balaban J connectivity index is 1.59. The van der Waals surface area contributed by atoms with E-state index in [1.807, 2.05) is 50.8 Å². The van der Waals surface area contributed by atoms with Crippen molar-refractivity contribution < 1.29 is 8.95 Å². The summed E-state index contributed by atoms with van der Waals surface area (Å²) in [5.74, 6) is 0.584. The molecule has 8 heteroatoms. The number of epoxide rings is 1. The molecule has 1 aliphatic heterocycles. The summed E-state index contributed by atoms with van der Waals surface area (Å²) in [5, 5.41) is 9.70. The van der Waals surface area contributed by atoms with Crippen molar-refractivity contribution in [3.8, 4) is 11.1 Å². The SMILES string of the molecule is CC(C)c1cc(-c2ccncc2)cc(C(C)C)c1NC1OC1N=S(N)(=O)c1ccc(CN(C)C)cc1. The molecule has 2 aromatic carbocycles. The first-order chi connectivity index (χ1) is 17.0. The molecule has 0 saturated carbocycles. The second kappa shape index (κ2) is 10.7. The molecule has 0 radical (unpaired) electrons. The summed E-state index contributed by atoms with van der Waals surface area (Å²) in [6.45, 7) is 9.54. The van der Waals surface area contributed by atoms with Gasteiger partial charge in [-0.15, -0.1) is 0 Å². The third kappa shape index (κ3) is 6.13.